The van der Waals surface area contributed by atoms with Crippen LogP contribution < -0.4 is 5.11 Å². The van der Waals surface area contributed by atoms with E-state index in [2.05, 4.69) is 21.1 Å². The lowest BCUT2D eigenvalue weighted by Gasteiger charge is -2.24. The van der Waals surface area contributed by atoms with Crippen molar-refractivity contribution in [3.05, 3.63) is 0 Å². The van der Waals surface area contributed by atoms with Crippen molar-refractivity contribution >= 4 is 5.97 Å². The molecule has 0 aliphatic rings. The molecule has 0 heterocycles. The molecule has 1 N–H and O–H groups in total. The number of carbonyl (C=O) groups is 1. The average molecular weight is 202 g/mol. The summed E-state index contributed by atoms with van der Waals surface area (Å²) in [6.07, 6.45) is -0.699. The maximum Gasteiger partial charge on any atom is 0.104 e. The van der Waals surface area contributed by atoms with E-state index < -0.39 is 12.4 Å². The molecule has 0 aromatic rings. The lowest BCUT2D eigenvalue weighted by atomic mass is 10.3. The molecule has 0 radical (unpaired) electrons. The fraction of sp³-hybridized carbons (Fsp3) is 0.778. The summed E-state index contributed by atoms with van der Waals surface area (Å²) in [5.74, 6) is -1.32. The van der Waals surface area contributed by atoms with Gasteiger partial charge in [-0.15, -0.1) is 0 Å². The third-order valence-corrected chi connectivity index (χ3v) is 1.04. The second-order valence-corrected chi connectivity index (χ2v) is 4.03. The minimum Gasteiger partial charge on any atom is -0.549 e. The van der Waals surface area contributed by atoms with Gasteiger partial charge in [-0.2, -0.15) is 5.26 Å². The molecule has 0 aliphatic carbocycles. The predicted octanol–water partition coefficient (Wildman–Crippen LogP) is -1.28. The topological polar surface area (TPSA) is 84.1 Å². The first kappa shape index (κ1) is 15.4. The molecule has 0 amide bonds. The molecule has 1 atom stereocenters. The van der Waals surface area contributed by atoms with Gasteiger partial charge < -0.3 is 19.5 Å². The molecule has 0 saturated carbocycles. The fourth-order valence-electron chi connectivity index (χ4n) is 0.857. The van der Waals surface area contributed by atoms with Crippen LogP contribution in [0.2, 0.25) is 0 Å². The Balaban J connectivity index is 0. The van der Waals surface area contributed by atoms with E-state index in [-0.39, 0.29) is 6.10 Å². The number of hydrogen-bond acceptors (Lipinski definition) is 4. The Labute approximate surface area is 84.8 Å². The van der Waals surface area contributed by atoms with Crippen molar-refractivity contribution in [2.24, 2.45) is 0 Å². The summed E-state index contributed by atoms with van der Waals surface area (Å²) in [5, 5.41) is 25.7. The maximum atomic E-state index is 9.27. The van der Waals surface area contributed by atoms with Gasteiger partial charge in [0, 0.05) is 0 Å². The van der Waals surface area contributed by atoms with Gasteiger partial charge in [0.15, 0.2) is 0 Å². The molecule has 0 aliphatic heterocycles. The molecule has 5 heteroatoms. The van der Waals surface area contributed by atoms with E-state index in [0.717, 1.165) is 11.0 Å². The quantitative estimate of drug-likeness (QED) is 0.578. The van der Waals surface area contributed by atoms with Gasteiger partial charge >= 0.3 is 0 Å². The predicted molar refractivity (Wildman–Crippen MR) is 49.8 cm³/mol. The summed E-state index contributed by atoms with van der Waals surface area (Å²) < 4.78 is 0.831. The van der Waals surface area contributed by atoms with E-state index >= 15 is 0 Å². The smallest absolute Gasteiger partial charge is 0.104 e. The molecule has 0 aromatic carbocycles. The Bertz CT molecular complexity index is 201. The van der Waals surface area contributed by atoms with E-state index in [0.29, 0.717) is 0 Å². The van der Waals surface area contributed by atoms with E-state index in [1.54, 1.807) is 0 Å². The highest BCUT2D eigenvalue weighted by atomic mass is 16.4. The van der Waals surface area contributed by atoms with Gasteiger partial charge in [-0.3, -0.25) is 0 Å². The molecular formula is C9H18N2O3. The molecule has 0 spiro atoms. The van der Waals surface area contributed by atoms with Gasteiger partial charge in [0.1, 0.15) is 12.6 Å². The lowest BCUT2D eigenvalue weighted by molar-refractivity contribution is -0.873. The second kappa shape index (κ2) is 7.30. The van der Waals surface area contributed by atoms with Crippen molar-refractivity contribution in [2.75, 3.05) is 27.7 Å². The van der Waals surface area contributed by atoms with E-state index in [9.17, 15) is 9.90 Å². The second-order valence-electron chi connectivity index (χ2n) is 4.03. The Morgan fingerprint density at radius 2 is 2.00 bits per heavy atom. The first-order chi connectivity index (χ1) is 6.19. The summed E-state index contributed by atoms with van der Waals surface area (Å²) >= 11 is 0. The van der Waals surface area contributed by atoms with Crippen molar-refractivity contribution in [3.8, 4) is 6.07 Å². The number of aliphatic hydroxyl groups excluding tert-OH is 1. The first-order valence-corrected chi connectivity index (χ1v) is 4.24. The van der Waals surface area contributed by atoms with Gasteiger partial charge in [-0.05, 0) is 6.92 Å². The molecule has 0 saturated heterocycles. The molecule has 0 bridgehead atoms. The third-order valence-electron chi connectivity index (χ3n) is 1.04. The van der Waals surface area contributed by atoms with Crippen molar-refractivity contribution in [1.82, 2.24) is 0 Å². The van der Waals surface area contributed by atoms with Crippen LogP contribution in [-0.2, 0) is 4.79 Å². The van der Waals surface area contributed by atoms with Gasteiger partial charge in [-0.25, -0.2) is 0 Å². The van der Waals surface area contributed by atoms with Gasteiger partial charge in [-0.1, -0.05) is 0 Å². The number of carbonyl (C=O) groups excluding carboxylic acids is 1. The largest absolute Gasteiger partial charge is 0.549 e. The summed E-state index contributed by atoms with van der Waals surface area (Å²) in [6, 6.07) is 1.41. The van der Waals surface area contributed by atoms with E-state index in [4.69, 9.17) is 10.4 Å². The number of likely N-dealkylation sites (N-methyl/N-ethyl adjacent to an activating group) is 1. The molecule has 0 fully saturated rings. The van der Waals surface area contributed by atoms with Crippen molar-refractivity contribution < 1.29 is 19.5 Å². The number of nitrogens with zero attached hydrogens (tertiary/aromatic N) is 2. The molecule has 0 rings (SSSR count). The number of rotatable bonds is 3. The SMILES string of the molecule is CC(O)C[N+](C)(C)C.N#CCC(=O)[O-]. The summed E-state index contributed by atoms with van der Waals surface area (Å²) in [5.41, 5.74) is 0. The Kier molecular flexibility index (Phi) is 8.01. The molecule has 82 valence electrons. The minimum atomic E-state index is -1.32. The van der Waals surface area contributed by atoms with Crippen LogP contribution in [0.15, 0.2) is 0 Å². The zero-order valence-corrected chi connectivity index (χ0v) is 9.15. The maximum absolute atomic E-state index is 9.27. The molecule has 5 nitrogen and oxygen atoms in total. The summed E-state index contributed by atoms with van der Waals surface area (Å²) in [7, 11) is 6.19. The molecule has 0 aromatic heterocycles. The number of nitriles is 1. The first-order valence-electron chi connectivity index (χ1n) is 4.24. The number of carboxylic acids is 1. The number of carboxylic acid groups (broad SMARTS) is 1. The van der Waals surface area contributed by atoms with Crippen LogP contribution in [0, 0.1) is 11.3 Å². The van der Waals surface area contributed by atoms with Gasteiger partial charge in [0.25, 0.3) is 0 Å². The lowest BCUT2D eigenvalue weighted by Crippen LogP contribution is -2.40. The molecule has 14 heavy (non-hydrogen) atoms. The monoisotopic (exact) mass is 202 g/mol. The van der Waals surface area contributed by atoms with Gasteiger partial charge in [0.05, 0.1) is 39.6 Å². The number of hydrogen-bond donors (Lipinski definition) is 1. The highest BCUT2D eigenvalue weighted by Crippen LogP contribution is 1.92. The summed E-state index contributed by atoms with van der Waals surface area (Å²) in [6.45, 7) is 2.63. The van der Waals surface area contributed by atoms with Crippen LogP contribution in [0.25, 0.3) is 0 Å². The van der Waals surface area contributed by atoms with Crippen LogP contribution >= 0.6 is 0 Å². The van der Waals surface area contributed by atoms with E-state index in [1.165, 1.54) is 6.07 Å². The van der Waals surface area contributed by atoms with Crippen molar-refractivity contribution in [1.29, 1.82) is 5.26 Å². The minimum absolute atomic E-state index is 0.185. The number of aliphatic hydroxyl groups is 1. The van der Waals surface area contributed by atoms with Crippen LogP contribution in [0.3, 0.4) is 0 Å². The highest BCUT2D eigenvalue weighted by molar-refractivity contribution is 5.66. The third kappa shape index (κ3) is 22.4. The molecular weight excluding hydrogens is 184 g/mol. The average Bonchev–Trinajstić information content (AvgIpc) is 1.80. The van der Waals surface area contributed by atoms with Crippen LogP contribution in [0.1, 0.15) is 13.3 Å². The normalized spacial score (nSPS) is 12.0. The zero-order chi connectivity index (χ0) is 11.8. The van der Waals surface area contributed by atoms with E-state index in [1.807, 2.05) is 6.92 Å². The van der Waals surface area contributed by atoms with Crippen LogP contribution in [-0.4, -0.2) is 49.4 Å². The highest BCUT2D eigenvalue weighted by Gasteiger charge is 2.09. The fourth-order valence-corrected chi connectivity index (χ4v) is 0.857. The van der Waals surface area contributed by atoms with Crippen LogP contribution in [0.4, 0.5) is 0 Å². The Hall–Kier alpha value is -1.12. The van der Waals surface area contributed by atoms with Gasteiger partial charge in [0.2, 0.25) is 0 Å². The van der Waals surface area contributed by atoms with Crippen molar-refractivity contribution in [3.63, 3.8) is 0 Å². The van der Waals surface area contributed by atoms with Crippen molar-refractivity contribution in [2.45, 2.75) is 19.4 Å². The summed E-state index contributed by atoms with van der Waals surface area (Å²) in [4.78, 5) is 9.27. The van der Waals surface area contributed by atoms with Crippen LogP contribution in [0.5, 0.6) is 0 Å². The Morgan fingerprint density at radius 1 is 1.57 bits per heavy atom. The molecule has 1 unspecified atom stereocenters. The Morgan fingerprint density at radius 3 is 2.00 bits per heavy atom. The zero-order valence-electron chi connectivity index (χ0n) is 9.15. The number of quaternary nitrogens is 1. The number of aliphatic carboxylic acids is 1. The standard InChI is InChI=1S/C6H16NO.C3H3NO2/c1-6(8)5-7(2,3)4;4-2-1-3(5)6/h6,8H,5H2,1-4H3;1H2,(H,5,6)/q+1;/p-1.